The number of ether oxygens (including phenoxy) is 2. The van der Waals surface area contributed by atoms with E-state index in [1.54, 1.807) is 12.1 Å². The van der Waals surface area contributed by atoms with Crippen molar-refractivity contribution in [2.45, 2.75) is 58.3 Å². The summed E-state index contributed by atoms with van der Waals surface area (Å²) in [7, 11) is 1.51. The minimum Gasteiger partial charge on any atom is -0.493 e. The van der Waals surface area contributed by atoms with Gasteiger partial charge >= 0.3 is 5.97 Å². The standard InChI is InChI=1S/C25H30N2O5/c1-15-22(25(30)27-12-5-4-6-13-27)23(24-18(26-15)8-7-9-19(24)29)17-10-11-20(32-16(2)28)21(14-17)31-3/h10-11,14,23,26H,4-9,12-13H2,1-3H3/t23-/m0/s1. The van der Waals surface area contributed by atoms with Crippen molar-refractivity contribution in [2.75, 3.05) is 20.2 Å². The van der Waals surface area contributed by atoms with Crippen LogP contribution in [0.25, 0.3) is 0 Å². The molecule has 1 amide bonds. The van der Waals surface area contributed by atoms with Crippen LogP contribution in [-0.4, -0.2) is 42.8 Å². The Bertz CT molecular complexity index is 1020. The zero-order valence-corrected chi connectivity index (χ0v) is 19.0. The Labute approximate surface area is 188 Å². The van der Waals surface area contributed by atoms with Crippen LogP contribution >= 0.6 is 0 Å². The molecule has 1 atom stereocenters. The Morgan fingerprint density at radius 2 is 1.81 bits per heavy atom. The molecule has 1 saturated heterocycles. The van der Waals surface area contributed by atoms with Gasteiger partial charge in [-0.1, -0.05) is 6.07 Å². The molecule has 0 unspecified atom stereocenters. The minimum atomic E-state index is -0.478. The molecule has 0 saturated carbocycles. The third-order valence-corrected chi connectivity index (χ3v) is 6.42. The van der Waals surface area contributed by atoms with E-state index in [1.807, 2.05) is 17.9 Å². The number of benzene rings is 1. The quantitative estimate of drug-likeness (QED) is 0.571. The van der Waals surface area contributed by atoms with Crippen LogP contribution in [0.4, 0.5) is 0 Å². The highest BCUT2D eigenvalue weighted by molar-refractivity contribution is 6.05. The summed E-state index contributed by atoms with van der Waals surface area (Å²) in [4.78, 5) is 40.1. The van der Waals surface area contributed by atoms with Gasteiger partial charge in [-0.05, 0) is 56.7 Å². The third-order valence-electron chi connectivity index (χ3n) is 6.42. The van der Waals surface area contributed by atoms with E-state index >= 15 is 0 Å². The van der Waals surface area contributed by atoms with Crippen molar-refractivity contribution in [3.63, 3.8) is 0 Å². The van der Waals surface area contributed by atoms with Crippen LogP contribution in [0.2, 0.25) is 0 Å². The normalized spacial score (nSPS) is 21.2. The lowest BCUT2D eigenvalue weighted by Crippen LogP contribution is -2.42. The largest absolute Gasteiger partial charge is 0.493 e. The Morgan fingerprint density at radius 1 is 1.06 bits per heavy atom. The molecule has 32 heavy (non-hydrogen) atoms. The highest BCUT2D eigenvalue weighted by Gasteiger charge is 2.40. The molecule has 170 valence electrons. The van der Waals surface area contributed by atoms with E-state index in [4.69, 9.17) is 9.47 Å². The Hall–Kier alpha value is -3.09. The van der Waals surface area contributed by atoms with E-state index in [2.05, 4.69) is 5.32 Å². The number of allylic oxidation sites excluding steroid dienone is 3. The van der Waals surface area contributed by atoms with Gasteiger partial charge in [0.15, 0.2) is 17.3 Å². The summed E-state index contributed by atoms with van der Waals surface area (Å²) in [6, 6.07) is 5.26. The highest BCUT2D eigenvalue weighted by Crippen LogP contribution is 2.44. The number of likely N-dealkylation sites (tertiary alicyclic amines) is 1. The zero-order valence-electron chi connectivity index (χ0n) is 19.0. The van der Waals surface area contributed by atoms with Crippen molar-refractivity contribution in [1.82, 2.24) is 10.2 Å². The first-order chi connectivity index (χ1) is 15.4. The topological polar surface area (TPSA) is 84.9 Å². The van der Waals surface area contributed by atoms with Crippen molar-refractivity contribution in [2.24, 2.45) is 0 Å². The van der Waals surface area contributed by atoms with Gasteiger partial charge in [0.2, 0.25) is 0 Å². The van der Waals surface area contributed by atoms with E-state index in [0.717, 1.165) is 62.2 Å². The molecule has 0 radical (unpaired) electrons. The number of nitrogens with one attached hydrogen (secondary N) is 1. The lowest BCUT2D eigenvalue weighted by Gasteiger charge is -2.37. The lowest BCUT2D eigenvalue weighted by molar-refractivity contribution is -0.132. The molecule has 1 aromatic carbocycles. The minimum absolute atomic E-state index is 0.0207. The van der Waals surface area contributed by atoms with Crippen LogP contribution in [0, 0.1) is 0 Å². The number of methoxy groups -OCH3 is 1. The van der Waals surface area contributed by atoms with E-state index in [0.29, 0.717) is 29.1 Å². The maximum atomic E-state index is 13.7. The van der Waals surface area contributed by atoms with Gasteiger partial charge in [0.1, 0.15) is 0 Å². The molecule has 1 aliphatic carbocycles. The van der Waals surface area contributed by atoms with Gasteiger partial charge in [-0.15, -0.1) is 0 Å². The first-order valence-electron chi connectivity index (χ1n) is 11.3. The summed E-state index contributed by atoms with van der Waals surface area (Å²) >= 11 is 0. The molecule has 1 aromatic rings. The fourth-order valence-electron chi connectivity index (χ4n) is 4.97. The molecule has 2 heterocycles. The number of amides is 1. The van der Waals surface area contributed by atoms with E-state index in [9.17, 15) is 14.4 Å². The first-order valence-corrected chi connectivity index (χ1v) is 11.3. The van der Waals surface area contributed by atoms with E-state index < -0.39 is 11.9 Å². The number of esters is 1. The van der Waals surface area contributed by atoms with Crippen molar-refractivity contribution in [1.29, 1.82) is 0 Å². The van der Waals surface area contributed by atoms with E-state index in [1.165, 1.54) is 14.0 Å². The number of nitrogens with zero attached hydrogens (tertiary/aromatic N) is 1. The Kier molecular flexibility index (Phi) is 6.35. The summed E-state index contributed by atoms with van der Waals surface area (Å²) in [6.07, 6.45) is 5.18. The summed E-state index contributed by atoms with van der Waals surface area (Å²) in [5.41, 5.74) is 3.76. The second kappa shape index (κ2) is 9.18. The molecule has 1 fully saturated rings. The van der Waals surface area contributed by atoms with Crippen LogP contribution in [0.3, 0.4) is 0 Å². The van der Waals surface area contributed by atoms with Crippen LogP contribution in [0.5, 0.6) is 11.5 Å². The summed E-state index contributed by atoms with van der Waals surface area (Å²) in [6.45, 7) is 4.71. The molecule has 2 aliphatic heterocycles. The fourth-order valence-corrected chi connectivity index (χ4v) is 4.97. The average molecular weight is 439 g/mol. The Balaban J connectivity index is 1.82. The average Bonchev–Trinajstić information content (AvgIpc) is 2.78. The highest BCUT2D eigenvalue weighted by atomic mass is 16.6. The van der Waals surface area contributed by atoms with Gasteiger partial charge in [0.05, 0.1) is 7.11 Å². The molecule has 7 heteroatoms. The van der Waals surface area contributed by atoms with Crippen LogP contribution in [0.15, 0.2) is 40.7 Å². The van der Waals surface area contributed by atoms with Crippen molar-refractivity contribution < 1.29 is 23.9 Å². The first kappa shape index (κ1) is 22.1. The van der Waals surface area contributed by atoms with Crippen LogP contribution < -0.4 is 14.8 Å². The second-order valence-electron chi connectivity index (χ2n) is 8.62. The number of carbonyl (C=O) groups excluding carboxylic acids is 3. The van der Waals surface area contributed by atoms with Gasteiger partial charge < -0.3 is 19.7 Å². The van der Waals surface area contributed by atoms with Gasteiger partial charge in [-0.25, -0.2) is 0 Å². The van der Waals surface area contributed by atoms with Crippen LogP contribution in [0.1, 0.15) is 63.9 Å². The summed E-state index contributed by atoms with van der Waals surface area (Å²) < 4.78 is 10.7. The number of rotatable bonds is 4. The maximum absolute atomic E-state index is 13.7. The molecule has 0 bridgehead atoms. The molecule has 0 aromatic heterocycles. The smallest absolute Gasteiger partial charge is 0.308 e. The maximum Gasteiger partial charge on any atom is 0.308 e. The SMILES string of the molecule is COc1cc([C@H]2C(C(=O)N3CCCCC3)=C(C)NC3=C2C(=O)CCC3)ccc1OC(C)=O. The number of dihydropyridines is 1. The van der Waals surface area contributed by atoms with Crippen molar-refractivity contribution in [3.8, 4) is 11.5 Å². The van der Waals surface area contributed by atoms with Crippen molar-refractivity contribution in [3.05, 3.63) is 46.3 Å². The monoisotopic (exact) mass is 438 g/mol. The van der Waals surface area contributed by atoms with Crippen molar-refractivity contribution >= 4 is 17.7 Å². The number of piperidine rings is 1. The number of hydrogen-bond donors (Lipinski definition) is 1. The van der Waals surface area contributed by atoms with Gasteiger partial charge in [0, 0.05) is 54.9 Å². The summed E-state index contributed by atoms with van der Waals surface area (Å²) in [5.74, 6) is -0.165. The molecule has 3 aliphatic rings. The molecule has 7 nitrogen and oxygen atoms in total. The number of Topliss-reactive ketones (excluding diaryl/α,β-unsaturated/α-hetero) is 1. The molecular formula is C25H30N2O5. The molecule has 0 spiro atoms. The van der Waals surface area contributed by atoms with E-state index in [-0.39, 0.29) is 11.7 Å². The Morgan fingerprint density at radius 3 is 2.50 bits per heavy atom. The molecular weight excluding hydrogens is 408 g/mol. The molecule has 1 N–H and O–H groups in total. The lowest BCUT2D eigenvalue weighted by atomic mass is 9.74. The second-order valence-corrected chi connectivity index (χ2v) is 8.62. The zero-order chi connectivity index (χ0) is 22.8. The third kappa shape index (κ3) is 4.16. The van der Waals surface area contributed by atoms with Crippen LogP contribution in [-0.2, 0) is 14.4 Å². The van der Waals surface area contributed by atoms with Gasteiger partial charge in [-0.2, -0.15) is 0 Å². The predicted molar refractivity (Wildman–Crippen MR) is 119 cm³/mol. The van der Waals surface area contributed by atoms with Gasteiger partial charge in [-0.3, -0.25) is 14.4 Å². The number of hydrogen-bond acceptors (Lipinski definition) is 6. The predicted octanol–water partition coefficient (Wildman–Crippen LogP) is 3.60. The number of carbonyl (C=O) groups is 3. The number of ketones is 1. The van der Waals surface area contributed by atoms with Gasteiger partial charge in [0.25, 0.3) is 5.91 Å². The fraction of sp³-hybridized carbons (Fsp3) is 0.480. The molecule has 4 rings (SSSR count). The summed E-state index contributed by atoms with van der Waals surface area (Å²) in [5, 5.41) is 3.37.